The van der Waals surface area contributed by atoms with Crippen molar-refractivity contribution in [2.45, 2.75) is 6.92 Å². The van der Waals surface area contributed by atoms with E-state index in [1.807, 2.05) is 32.3 Å². The second-order valence-electron chi connectivity index (χ2n) is 4.29. The second-order valence-corrected chi connectivity index (χ2v) is 5.58. The number of H-pyrrole nitrogens is 1. The fourth-order valence-electron chi connectivity index (χ4n) is 1.84. The van der Waals surface area contributed by atoms with E-state index in [9.17, 15) is 4.79 Å². The average molecular weight is 272 g/mol. The van der Waals surface area contributed by atoms with Gasteiger partial charge in [0.2, 0.25) is 0 Å². The second kappa shape index (κ2) is 4.47. The zero-order chi connectivity index (χ0) is 13.4. The molecule has 19 heavy (non-hydrogen) atoms. The third kappa shape index (κ3) is 2.34. The summed E-state index contributed by atoms with van der Waals surface area (Å²) in [5.74, 6) is 0.601. The molecule has 0 atom stereocenters. The fourth-order valence-corrected chi connectivity index (χ4v) is 2.65. The summed E-state index contributed by atoms with van der Waals surface area (Å²) in [6.45, 7) is 2.03. The lowest BCUT2D eigenvalue weighted by Crippen LogP contribution is -2.07. The van der Waals surface area contributed by atoms with Crippen molar-refractivity contribution in [2.75, 3.05) is 0 Å². The molecule has 3 aromatic heterocycles. The number of rotatable bonds is 2. The summed E-state index contributed by atoms with van der Waals surface area (Å²) in [5.41, 5.74) is 1.32. The molecule has 0 bridgehead atoms. The van der Waals surface area contributed by atoms with Crippen molar-refractivity contribution in [3.63, 3.8) is 0 Å². The highest BCUT2D eigenvalue weighted by molar-refractivity contribution is 7.15. The molecule has 0 unspecified atom stereocenters. The van der Waals surface area contributed by atoms with Crippen LogP contribution < -0.4 is 5.56 Å². The van der Waals surface area contributed by atoms with Crippen molar-refractivity contribution < 1.29 is 0 Å². The minimum Gasteiger partial charge on any atom is -0.306 e. The molecule has 96 valence electrons. The number of aryl methyl sites for hydroxylation is 2. The van der Waals surface area contributed by atoms with E-state index < -0.39 is 0 Å². The molecule has 0 aliphatic heterocycles. The van der Waals surface area contributed by atoms with Gasteiger partial charge in [0.25, 0.3) is 5.56 Å². The molecule has 0 fully saturated rings. The predicted molar refractivity (Wildman–Crippen MR) is 75.1 cm³/mol. The molecule has 0 aliphatic carbocycles. The minimum atomic E-state index is -0.157. The van der Waals surface area contributed by atoms with Gasteiger partial charge in [-0.25, -0.2) is 4.98 Å². The maximum absolute atomic E-state index is 11.8. The lowest BCUT2D eigenvalue weighted by atomic mass is 10.2. The van der Waals surface area contributed by atoms with Crippen LogP contribution in [0, 0.1) is 6.92 Å². The van der Waals surface area contributed by atoms with E-state index in [1.54, 1.807) is 22.2 Å². The molecule has 3 heterocycles. The van der Waals surface area contributed by atoms with Gasteiger partial charge in [-0.1, -0.05) is 0 Å². The molecule has 0 saturated carbocycles. The molecule has 1 N–H and O–H groups in total. The number of thiophene rings is 1. The van der Waals surface area contributed by atoms with Crippen LogP contribution in [-0.4, -0.2) is 19.7 Å². The van der Waals surface area contributed by atoms with Crippen molar-refractivity contribution in [3.8, 4) is 22.0 Å². The summed E-state index contributed by atoms with van der Waals surface area (Å²) >= 11 is 1.61. The largest absolute Gasteiger partial charge is 0.306 e. The highest BCUT2D eigenvalue weighted by Crippen LogP contribution is 2.25. The first-order chi connectivity index (χ1) is 9.11. The van der Waals surface area contributed by atoms with E-state index in [1.165, 1.54) is 10.9 Å². The SMILES string of the molecule is Cc1ccc(-c2nc(-c3cnn(C)c3)cc(=O)[nH]2)s1. The zero-order valence-electron chi connectivity index (χ0n) is 10.5. The molecule has 0 saturated heterocycles. The summed E-state index contributed by atoms with van der Waals surface area (Å²) < 4.78 is 1.69. The van der Waals surface area contributed by atoms with Crippen LogP contribution in [0.1, 0.15) is 4.88 Å². The van der Waals surface area contributed by atoms with Gasteiger partial charge >= 0.3 is 0 Å². The van der Waals surface area contributed by atoms with E-state index in [-0.39, 0.29) is 5.56 Å². The van der Waals surface area contributed by atoms with Gasteiger partial charge in [0.15, 0.2) is 5.82 Å². The Bertz CT molecular complexity index is 722. The number of hydrogen-bond donors (Lipinski definition) is 1. The van der Waals surface area contributed by atoms with Crippen LogP contribution in [-0.2, 0) is 7.05 Å². The van der Waals surface area contributed by atoms with Crippen molar-refractivity contribution in [1.29, 1.82) is 0 Å². The van der Waals surface area contributed by atoms with Crippen molar-refractivity contribution in [2.24, 2.45) is 7.05 Å². The van der Waals surface area contributed by atoms with Gasteiger partial charge in [-0.2, -0.15) is 5.10 Å². The molecular formula is C13H12N4OS. The van der Waals surface area contributed by atoms with Gasteiger partial charge in [0, 0.05) is 29.8 Å². The van der Waals surface area contributed by atoms with Crippen LogP contribution in [0.15, 0.2) is 35.4 Å². The molecular weight excluding hydrogens is 260 g/mol. The summed E-state index contributed by atoms with van der Waals surface area (Å²) in [5, 5.41) is 4.10. The highest BCUT2D eigenvalue weighted by Gasteiger charge is 2.08. The quantitative estimate of drug-likeness (QED) is 0.778. The number of aromatic nitrogens is 4. The molecule has 5 nitrogen and oxygen atoms in total. The van der Waals surface area contributed by atoms with Crippen molar-refractivity contribution >= 4 is 11.3 Å². The molecule has 0 aromatic carbocycles. The smallest absolute Gasteiger partial charge is 0.251 e. The standard InChI is InChI=1S/C13H12N4OS/c1-8-3-4-11(19-8)13-15-10(5-12(18)16-13)9-6-14-17(2)7-9/h3-7H,1-2H3,(H,15,16,18). The molecule has 3 rings (SSSR count). The predicted octanol–water partition coefficient (Wildman–Crippen LogP) is 2.21. The van der Waals surface area contributed by atoms with Gasteiger partial charge in [-0.15, -0.1) is 11.3 Å². The fraction of sp³-hybridized carbons (Fsp3) is 0.154. The average Bonchev–Trinajstić information content (AvgIpc) is 2.97. The third-order valence-corrected chi connectivity index (χ3v) is 3.72. The Hall–Kier alpha value is -2.21. The molecule has 0 radical (unpaired) electrons. The first-order valence-corrected chi connectivity index (χ1v) is 6.61. The maximum Gasteiger partial charge on any atom is 0.251 e. The van der Waals surface area contributed by atoms with Gasteiger partial charge in [0.1, 0.15) is 0 Å². The Morgan fingerprint density at radius 1 is 1.37 bits per heavy atom. The lowest BCUT2D eigenvalue weighted by Gasteiger charge is -2.00. The Labute approximate surface area is 113 Å². The van der Waals surface area contributed by atoms with Crippen molar-refractivity contribution in [3.05, 3.63) is 45.8 Å². The van der Waals surface area contributed by atoms with Crippen LogP contribution in [0.2, 0.25) is 0 Å². The monoisotopic (exact) mass is 272 g/mol. The molecule has 0 spiro atoms. The molecule has 6 heteroatoms. The third-order valence-electron chi connectivity index (χ3n) is 2.72. The Kier molecular flexibility index (Phi) is 2.79. The molecule has 3 aromatic rings. The van der Waals surface area contributed by atoms with Gasteiger partial charge in [-0.3, -0.25) is 9.48 Å². The topological polar surface area (TPSA) is 63.6 Å². The van der Waals surface area contributed by atoms with E-state index in [4.69, 9.17) is 0 Å². The summed E-state index contributed by atoms with van der Waals surface area (Å²) in [6.07, 6.45) is 3.54. The lowest BCUT2D eigenvalue weighted by molar-refractivity contribution is 0.768. The summed E-state index contributed by atoms with van der Waals surface area (Å²) in [7, 11) is 1.83. The Morgan fingerprint density at radius 2 is 2.21 bits per heavy atom. The number of aromatic amines is 1. The van der Waals surface area contributed by atoms with E-state index in [0.29, 0.717) is 11.5 Å². The first-order valence-electron chi connectivity index (χ1n) is 5.79. The first kappa shape index (κ1) is 11.9. The van der Waals surface area contributed by atoms with Gasteiger partial charge < -0.3 is 4.98 Å². The zero-order valence-corrected chi connectivity index (χ0v) is 11.4. The summed E-state index contributed by atoms with van der Waals surface area (Å²) in [4.78, 5) is 21.2. The maximum atomic E-state index is 11.8. The number of nitrogens with zero attached hydrogens (tertiary/aromatic N) is 3. The highest BCUT2D eigenvalue weighted by atomic mass is 32.1. The van der Waals surface area contributed by atoms with Crippen LogP contribution in [0.5, 0.6) is 0 Å². The van der Waals surface area contributed by atoms with E-state index in [2.05, 4.69) is 15.1 Å². The number of hydrogen-bond acceptors (Lipinski definition) is 4. The van der Waals surface area contributed by atoms with E-state index >= 15 is 0 Å². The van der Waals surface area contributed by atoms with Crippen molar-refractivity contribution in [1.82, 2.24) is 19.7 Å². The molecule has 0 amide bonds. The Balaban J connectivity index is 2.13. The van der Waals surface area contributed by atoms with Crippen LogP contribution in [0.4, 0.5) is 0 Å². The summed E-state index contributed by atoms with van der Waals surface area (Å²) in [6, 6.07) is 5.46. The van der Waals surface area contributed by atoms with Crippen LogP contribution >= 0.6 is 11.3 Å². The van der Waals surface area contributed by atoms with Gasteiger partial charge in [0.05, 0.1) is 16.8 Å². The van der Waals surface area contributed by atoms with Crippen LogP contribution in [0.3, 0.4) is 0 Å². The molecule has 0 aliphatic rings. The Morgan fingerprint density at radius 3 is 2.84 bits per heavy atom. The van der Waals surface area contributed by atoms with E-state index in [0.717, 1.165) is 10.4 Å². The number of nitrogens with one attached hydrogen (secondary N) is 1. The van der Waals surface area contributed by atoms with Crippen LogP contribution in [0.25, 0.3) is 22.0 Å². The minimum absolute atomic E-state index is 0.157. The normalized spacial score (nSPS) is 10.8. The van der Waals surface area contributed by atoms with Gasteiger partial charge in [-0.05, 0) is 19.1 Å².